The van der Waals surface area contributed by atoms with E-state index in [0.717, 1.165) is 27.0 Å². The molecule has 1 saturated heterocycles. The van der Waals surface area contributed by atoms with Crippen molar-refractivity contribution in [3.63, 3.8) is 0 Å². The van der Waals surface area contributed by atoms with Crippen molar-refractivity contribution in [3.8, 4) is 5.75 Å². The standard InChI is InChI=1S/C40H52N5O18P3S2/c1-20-10-26-30(13-28(20)41-6)60-31-14-29(42-7)21(2)11-27(31)35(26)24-9-8-23(12-25(24)38(48)49)37(47)43-18-40(4,5)68-67-19-58-32-15-34(45-16-22(3)36(46)44-39(45)50)61-33(32)17-59-65(54,55)63-66(56,57)62-64(51,52)53/h8-14,16,26,28,32-35,41-42H,15,17-19H2,1-7H3,(H,43,47)(H,48,49)(H,54,55)(H,56,57)(H,44,46,50)(H2,51,52,53)/t26?,28?,32?,33-,34-,35?/m1/s1. The molecule has 8 atom stereocenters. The summed E-state index contributed by atoms with van der Waals surface area (Å²) in [5, 5.41) is 19.9. The number of carbonyl (C=O) groups is 2. The Labute approximate surface area is 397 Å². The van der Waals surface area contributed by atoms with Crippen molar-refractivity contribution in [2.24, 2.45) is 5.92 Å². The van der Waals surface area contributed by atoms with Gasteiger partial charge >= 0.3 is 35.1 Å². The molecule has 9 N–H and O–H groups in total. The Morgan fingerprint density at radius 1 is 0.971 bits per heavy atom. The van der Waals surface area contributed by atoms with E-state index < -0.39 is 82.3 Å². The van der Waals surface area contributed by atoms with Crippen LogP contribution in [-0.4, -0.2) is 102 Å². The number of hydrogen-bond acceptors (Lipinski definition) is 17. The number of aromatic carboxylic acids is 1. The van der Waals surface area contributed by atoms with E-state index in [9.17, 15) is 47.8 Å². The number of H-pyrrole nitrogens is 1. The van der Waals surface area contributed by atoms with Gasteiger partial charge in [-0.15, -0.1) is 0 Å². The van der Waals surface area contributed by atoms with E-state index in [4.69, 9.17) is 28.5 Å². The number of aryl methyl sites for hydroxylation is 2. The van der Waals surface area contributed by atoms with Crippen LogP contribution >= 0.6 is 45.1 Å². The summed E-state index contributed by atoms with van der Waals surface area (Å²) in [4.78, 5) is 90.7. The minimum atomic E-state index is -5.81. The summed E-state index contributed by atoms with van der Waals surface area (Å²) in [5.74, 6) is -1.26. The van der Waals surface area contributed by atoms with Crippen LogP contribution in [0.5, 0.6) is 5.75 Å². The molecule has 1 amide bonds. The molecule has 6 rings (SSSR count). The number of hydrogen-bond donors (Lipinski definition) is 9. The summed E-state index contributed by atoms with van der Waals surface area (Å²) in [6.07, 6.45) is 1.92. The molecule has 3 aliphatic rings. The second-order valence-electron chi connectivity index (χ2n) is 16.6. The highest BCUT2D eigenvalue weighted by Gasteiger charge is 2.44. The number of nitrogens with zero attached hydrogens (tertiary/aromatic N) is 1. The van der Waals surface area contributed by atoms with Gasteiger partial charge in [0.15, 0.2) is 0 Å². The molecule has 1 fully saturated rings. The normalized spacial score (nSPS) is 23.2. The summed E-state index contributed by atoms with van der Waals surface area (Å²) in [6.45, 7) is 8.34. The molecule has 0 bridgehead atoms. The number of ether oxygens (including phenoxy) is 3. The van der Waals surface area contributed by atoms with Crippen LogP contribution < -0.4 is 31.9 Å². The fourth-order valence-corrected chi connectivity index (χ4v) is 13.1. The van der Waals surface area contributed by atoms with Crippen molar-refractivity contribution in [1.82, 2.24) is 20.2 Å². The molecule has 68 heavy (non-hydrogen) atoms. The van der Waals surface area contributed by atoms with E-state index in [2.05, 4.69) is 35.6 Å². The minimum Gasteiger partial charge on any atom is -0.478 e. The van der Waals surface area contributed by atoms with Gasteiger partial charge in [-0.3, -0.25) is 23.7 Å². The van der Waals surface area contributed by atoms with E-state index in [0.29, 0.717) is 17.1 Å². The number of aromatic amines is 1. The number of anilines is 1. The van der Waals surface area contributed by atoms with Gasteiger partial charge in [-0.25, -0.2) is 23.3 Å². The van der Waals surface area contributed by atoms with Crippen LogP contribution in [0.15, 0.2) is 69.6 Å². The number of benzene rings is 2. The Hall–Kier alpha value is -3.87. The largest absolute Gasteiger partial charge is 0.490 e. The molecule has 3 heterocycles. The van der Waals surface area contributed by atoms with Crippen molar-refractivity contribution in [2.45, 2.75) is 76.2 Å². The first-order valence-electron chi connectivity index (χ1n) is 20.6. The minimum absolute atomic E-state index is 0.0348. The molecule has 372 valence electrons. The van der Waals surface area contributed by atoms with Crippen molar-refractivity contribution in [1.29, 1.82) is 0 Å². The number of nitrogens with one attached hydrogen (secondary N) is 4. The lowest BCUT2D eigenvalue weighted by Crippen LogP contribution is -2.36. The highest BCUT2D eigenvalue weighted by Crippen LogP contribution is 2.66. The van der Waals surface area contributed by atoms with E-state index in [1.54, 1.807) is 12.1 Å². The van der Waals surface area contributed by atoms with Gasteiger partial charge in [0.2, 0.25) is 0 Å². The van der Waals surface area contributed by atoms with Crippen LogP contribution in [0, 0.1) is 19.8 Å². The Morgan fingerprint density at radius 3 is 2.35 bits per heavy atom. The molecule has 2 aromatic carbocycles. The average molecular weight is 1050 g/mol. The second-order valence-corrected chi connectivity index (χ2v) is 24.0. The molecule has 6 unspecified atom stereocenters. The monoisotopic (exact) mass is 1050 g/mol. The Kier molecular flexibility index (Phi) is 16.7. The molecule has 1 aromatic heterocycles. The molecule has 1 aliphatic carbocycles. The van der Waals surface area contributed by atoms with Crippen molar-refractivity contribution >= 4 is 62.6 Å². The van der Waals surface area contributed by atoms with Gasteiger partial charge in [-0.1, -0.05) is 39.3 Å². The zero-order valence-corrected chi connectivity index (χ0v) is 41.9. The number of fused-ring (bicyclic) bond motifs is 2. The lowest BCUT2D eigenvalue weighted by atomic mass is 9.72. The predicted octanol–water partition coefficient (Wildman–Crippen LogP) is 5.03. The number of amides is 1. The maximum Gasteiger partial charge on any atom is 0.490 e. The molecular formula is C40H52N5O18P3S2. The summed E-state index contributed by atoms with van der Waals surface area (Å²) >= 11 is 0. The number of carboxylic acids is 1. The molecule has 3 aromatic rings. The summed E-state index contributed by atoms with van der Waals surface area (Å²) in [5.41, 5.74) is 2.97. The first kappa shape index (κ1) is 53.5. The Balaban J connectivity index is 1.11. The molecular weight excluding hydrogens is 996 g/mol. The number of carbonyl (C=O) groups excluding carboxylic acids is 1. The predicted molar refractivity (Wildman–Crippen MR) is 251 cm³/mol. The van der Waals surface area contributed by atoms with Gasteiger partial charge in [0.1, 0.15) is 29.8 Å². The lowest BCUT2D eigenvalue weighted by Gasteiger charge is -2.38. The SMILES string of the molecule is CNc1cc2c(cc1C)C(c1ccc(C(=O)NCC(C)(C)SSCOC3C[C@H](n4cc(C)c(=O)[nH]c4=O)O[C@@H]3COP(=O)(O)OP(=O)(O)OP(=O)(O)O)cc1C(=O)O)C1C=C(C)C(NC)C=C1O2. The Bertz CT molecular complexity index is 2780. The third-order valence-electron chi connectivity index (χ3n) is 11.1. The Morgan fingerprint density at radius 2 is 1.69 bits per heavy atom. The quantitative estimate of drug-likeness (QED) is 0.0235. The third-order valence-corrected chi connectivity index (χ3v) is 17.8. The van der Waals surface area contributed by atoms with E-state index in [1.807, 2.05) is 60.0 Å². The first-order chi connectivity index (χ1) is 31.7. The van der Waals surface area contributed by atoms with Crippen molar-refractivity contribution in [2.75, 3.05) is 38.5 Å². The van der Waals surface area contributed by atoms with Crippen LogP contribution in [0.1, 0.15) is 82.3 Å². The summed E-state index contributed by atoms with van der Waals surface area (Å²) in [6, 6.07) is 8.48. The zero-order valence-electron chi connectivity index (χ0n) is 37.6. The van der Waals surface area contributed by atoms with E-state index in [1.165, 1.54) is 40.8 Å². The van der Waals surface area contributed by atoms with Crippen LogP contribution in [0.4, 0.5) is 5.69 Å². The molecule has 0 saturated carbocycles. The third kappa shape index (κ3) is 13.1. The number of phosphoric acid groups is 3. The van der Waals surface area contributed by atoms with Gasteiger partial charge in [0.25, 0.3) is 11.5 Å². The number of likely N-dealkylation sites (N-methyl/N-ethyl adjacent to an activating group) is 1. The second kappa shape index (κ2) is 21.2. The number of phosphoric ester groups is 1. The fourth-order valence-electron chi connectivity index (χ4n) is 7.89. The topological polar surface area (TPSA) is 333 Å². The average Bonchev–Trinajstić information content (AvgIpc) is 3.65. The van der Waals surface area contributed by atoms with Gasteiger partial charge in [0.05, 0.1) is 18.3 Å². The molecule has 23 nitrogen and oxygen atoms in total. The van der Waals surface area contributed by atoms with Crippen LogP contribution in [0.2, 0.25) is 0 Å². The van der Waals surface area contributed by atoms with Crippen molar-refractivity contribution < 1.29 is 75.3 Å². The lowest BCUT2D eigenvalue weighted by molar-refractivity contribution is -0.0543. The molecule has 0 radical (unpaired) electrons. The van der Waals surface area contributed by atoms with E-state index >= 15 is 0 Å². The highest BCUT2D eigenvalue weighted by atomic mass is 33.1. The summed E-state index contributed by atoms with van der Waals surface area (Å²) < 4.78 is 66.5. The van der Waals surface area contributed by atoms with Crippen LogP contribution in [-0.2, 0) is 36.3 Å². The van der Waals surface area contributed by atoms with Gasteiger partial charge < -0.3 is 54.8 Å². The van der Waals surface area contributed by atoms with Gasteiger partial charge in [-0.05, 0) is 77.1 Å². The van der Waals surface area contributed by atoms with Crippen LogP contribution in [0.25, 0.3) is 0 Å². The summed E-state index contributed by atoms with van der Waals surface area (Å²) in [7, 11) is -10.8. The number of rotatable bonds is 20. The fraction of sp³-hybridized carbons (Fsp3) is 0.450. The number of carboxylic acid groups (broad SMARTS) is 1. The zero-order chi connectivity index (χ0) is 50.1. The maximum absolute atomic E-state index is 13.6. The first-order valence-corrected chi connectivity index (χ1v) is 27.5. The molecule has 2 aliphatic heterocycles. The molecule has 28 heteroatoms. The van der Waals surface area contributed by atoms with E-state index in [-0.39, 0.29) is 47.6 Å². The van der Waals surface area contributed by atoms with Crippen LogP contribution in [0.3, 0.4) is 0 Å². The maximum atomic E-state index is 13.6. The number of allylic oxidation sites excluding steroid dienone is 1. The van der Waals surface area contributed by atoms with Gasteiger partial charge in [-0.2, -0.15) is 8.62 Å². The van der Waals surface area contributed by atoms with Gasteiger partial charge in [0, 0.05) is 77.3 Å². The number of aromatic nitrogens is 2. The van der Waals surface area contributed by atoms with Crippen molar-refractivity contribution in [3.05, 3.63) is 114 Å². The molecule has 0 spiro atoms. The highest BCUT2D eigenvalue weighted by molar-refractivity contribution is 8.77. The smallest absolute Gasteiger partial charge is 0.478 e.